The summed E-state index contributed by atoms with van der Waals surface area (Å²) in [5, 5.41) is 3.03. The molecule has 0 aromatic heterocycles. The second-order valence-electron chi connectivity index (χ2n) is 8.07. The first-order chi connectivity index (χ1) is 16.2. The van der Waals surface area contributed by atoms with Gasteiger partial charge in [-0.25, -0.2) is 13.3 Å². The predicted octanol–water partition coefficient (Wildman–Crippen LogP) is 3.86. The maximum Gasteiger partial charge on any atom is 0.261 e. The zero-order valence-corrected chi connectivity index (χ0v) is 19.8. The molecular weight excluding hydrogens is 454 g/mol. The summed E-state index contributed by atoms with van der Waals surface area (Å²) in [6.45, 7) is 3.71. The van der Waals surface area contributed by atoms with Gasteiger partial charge < -0.3 is 10.1 Å². The molecule has 1 saturated heterocycles. The molecule has 1 atom stereocenters. The van der Waals surface area contributed by atoms with Gasteiger partial charge in [0.25, 0.3) is 15.9 Å². The Bertz CT molecular complexity index is 1330. The molecule has 0 unspecified atom stereocenters. The van der Waals surface area contributed by atoms with Gasteiger partial charge in [0.05, 0.1) is 24.1 Å². The maximum absolute atomic E-state index is 13.1. The molecule has 0 radical (unpaired) electrons. The van der Waals surface area contributed by atoms with E-state index in [1.807, 2.05) is 32.0 Å². The Morgan fingerprint density at radius 3 is 2.21 bits per heavy atom. The van der Waals surface area contributed by atoms with Gasteiger partial charge in [-0.05, 0) is 67.4 Å². The number of para-hydroxylation sites is 1. The largest absolute Gasteiger partial charge is 0.497 e. The number of benzene rings is 3. The van der Waals surface area contributed by atoms with Crippen molar-refractivity contribution in [3.63, 3.8) is 0 Å². The first-order valence-corrected chi connectivity index (χ1v) is 12.1. The number of sulfonamides is 1. The number of hydrogen-bond acceptors (Lipinski definition) is 6. The van der Waals surface area contributed by atoms with Gasteiger partial charge in [0.2, 0.25) is 5.91 Å². The Hall–Kier alpha value is -3.85. The monoisotopic (exact) mass is 479 g/mol. The number of amides is 2. The van der Waals surface area contributed by atoms with Crippen LogP contribution in [0.2, 0.25) is 0 Å². The molecule has 0 saturated carbocycles. The van der Waals surface area contributed by atoms with Crippen LogP contribution in [0.5, 0.6) is 5.75 Å². The molecule has 0 bridgehead atoms. The minimum absolute atomic E-state index is 0.0202. The summed E-state index contributed by atoms with van der Waals surface area (Å²) in [6, 6.07) is 17.4. The van der Waals surface area contributed by atoms with Crippen LogP contribution in [0, 0.1) is 13.8 Å². The molecule has 3 aromatic carbocycles. The molecule has 2 amide bonds. The fourth-order valence-corrected chi connectivity index (χ4v) is 5.07. The molecule has 1 heterocycles. The van der Waals surface area contributed by atoms with Crippen molar-refractivity contribution >= 4 is 38.9 Å². The molecule has 2 N–H and O–H groups in total. The third-order valence-corrected chi connectivity index (χ3v) is 7.02. The van der Waals surface area contributed by atoms with Crippen LogP contribution < -0.4 is 19.7 Å². The van der Waals surface area contributed by atoms with Crippen molar-refractivity contribution < 1.29 is 22.7 Å². The SMILES string of the molecule is COc1ccc(NS(=O)(=O)c2cccc(N[C@H]3CC(=O)N(c4c(C)cccc4C)C3=O)c2)cc1. The number of hydrogen-bond donors (Lipinski definition) is 2. The lowest BCUT2D eigenvalue weighted by Gasteiger charge is -2.20. The second-order valence-corrected chi connectivity index (χ2v) is 9.75. The van der Waals surface area contributed by atoms with Crippen LogP contribution in [0.25, 0.3) is 0 Å². The number of methoxy groups -OCH3 is 1. The van der Waals surface area contributed by atoms with Gasteiger partial charge in [0, 0.05) is 11.4 Å². The highest BCUT2D eigenvalue weighted by Crippen LogP contribution is 2.31. The molecule has 9 heteroatoms. The molecule has 1 aliphatic heterocycles. The van der Waals surface area contributed by atoms with Crippen molar-refractivity contribution in [3.05, 3.63) is 77.9 Å². The van der Waals surface area contributed by atoms with Crippen molar-refractivity contribution in [1.82, 2.24) is 0 Å². The predicted molar refractivity (Wildman–Crippen MR) is 131 cm³/mol. The summed E-state index contributed by atoms with van der Waals surface area (Å²) in [7, 11) is -2.34. The van der Waals surface area contributed by atoms with Gasteiger partial charge in [-0.15, -0.1) is 0 Å². The first-order valence-electron chi connectivity index (χ1n) is 10.7. The highest BCUT2D eigenvalue weighted by atomic mass is 32.2. The Morgan fingerprint density at radius 1 is 0.912 bits per heavy atom. The fraction of sp³-hybridized carbons (Fsp3) is 0.200. The van der Waals surface area contributed by atoms with Crippen LogP contribution in [0.15, 0.2) is 71.6 Å². The van der Waals surface area contributed by atoms with E-state index in [2.05, 4.69) is 10.0 Å². The highest BCUT2D eigenvalue weighted by molar-refractivity contribution is 7.92. The normalized spacial score (nSPS) is 16.0. The number of carbonyl (C=O) groups is 2. The summed E-state index contributed by atoms with van der Waals surface area (Å²) < 4.78 is 33.4. The van der Waals surface area contributed by atoms with E-state index in [-0.39, 0.29) is 23.1 Å². The van der Waals surface area contributed by atoms with E-state index < -0.39 is 16.1 Å². The summed E-state index contributed by atoms with van der Waals surface area (Å²) in [5.41, 5.74) is 3.08. The minimum Gasteiger partial charge on any atom is -0.497 e. The summed E-state index contributed by atoms with van der Waals surface area (Å²) >= 11 is 0. The molecule has 3 aromatic rings. The van der Waals surface area contributed by atoms with E-state index in [0.717, 1.165) is 11.1 Å². The average molecular weight is 480 g/mol. The Labute approximate surface area is 198 Å². The number of carbonyl (C=O) groups excluding carboxylic acids is 2. The van der Waals surface area contributed by atoms with E-state index in [0.29, 0.717) is 22.8 Å². The average Bonchev–Trinajstić information content (AvgIpc) is 3.07. The quantitative estimate of drug-likeness (QED) is 0.499. The minimum atomic E-state index is -3.87. The van der Waals surface area contributed by atoms with Crippen LogP contribution in [-0.2, 0) is 19.6 Å². The fourth-order valence-electron chi connectivity index (χ4n) is 3.97. The van der Waals surface area contributed by atoms with Gasteiger partial charge in [-0.2, -0.15) is 0 Å². The molecule has 34 heavy (non-hydrogen) atoms. The zero-order chi connectivity index (χ0) is 24.5. The van der Waals surface area contributed by atoms with Crippen LogP contribution in [0.3, 0.4) is 0 Å². The van der Waals surface area contributed by atoms with Crippen molar-refractivity contribution in [2.24, 2.45) is 0 Å². The Kier molecular flexibility index (Phi) is 6.30. The van der Waals surface area contributed by atoms with Gasteiger partial charge >= 0.3 is 0 Å². The lowest BCUT2D eigenvalue weighted by atomic mass is 10.1. The van der Waals surface area contributed by atoms with E-state index in [1.165, 1.54) is 24.1 Å². The molecule has 1 aliphatic rings. The molecule has 0 spiro atoms. The Morgan fingerprint density at radius 2 is 1.56 bits per heavy atom. The number of ether oxygens (including phenoxy) is 1. The highest BCUT2D eigenvalue weighted by Gasteiger charge is 2.40. The van der Waals surface area contributed by atoms with Crippen molar-refractivity contribution in [3.8, 4) is 5.75 Å². The third-order valence-electron chi connectivity index (χ3n) is 5.64. The molecular formula is C25H25N3O5S. The standard InChI is InChI=1S/C25H25N3O5S/c1-16-6-4-7-17(2)24(16)28-23(29)15-22(25(28)30)26-19-8-5-9-21(14-19)34(31,32)27-18-10-12-20(33-3)13-11-18/h4-14,22,26-27H,15H2,1-3H3/t22-/m0/s1. The number of aryl methyl sites for hydroxylation is 2. The molecule has 1 fully saturated rings. The van der Waals surface area contributed by atoms with Gasteiger partial charge in [-0.1, -0.05) is 24.3 Å². The van der Waals surface area contributed by atoms with Gasteiger partial charge in [0.15, 0.2) is 0 Å². The summed E-state index contributed by atoms with van der Waals surface area (Å²) in [4.78, 5) is 27.1. The van der Waals surface area contributed by atoms with Crippen LogP contribution in [-0.4, -0.2) is 33.4 Å². The van der Waals surface area contributed by atoms with E-state index in [4.69, 9.17) is 4.74 Å². The maximum atomic E-state index is 13.1. The molecule has 176 valence electrons. The zero-order valence-electron chi connectivity index (χ0n) is 19.0. The van der Waals surface area contributed by atoms with Gasteiger partial charge in [-0.3, -0.25) is 14.3 Å². The Balaban J connectivity index is 1.53. The topological polar surface area (TPSA) is 105 Å². The molecule has 4 rings (SSSR count). The number of anilines is 3. The van der Waals surface area contributed by atoms with E-state index in [9.17, 15) is 18.0 Å². The summed E-state index contributed by atoms with van der Waals surface area (Å²) in [5.74, 6) is -0.0586. The summed E-state index contributed by atoms with van der Waals surface area (Å²) in [6.07, 6.45) is -0.0202. The van der Waals surface area contributed by atoms with Crippen LogP contribution >= 0.6 is 0 Å². The number of rotatable bonds is 7. The van der Waals surface area contributed by atoms with Crippen molar-refractivity contribution in [1.29, 1.82) is 0 Å². The number of nitrogens with zero attached hydrogens (tertiary/aromatic N) is 1. The van der Waals surface area contributed by atoms with Crippen LogP contribution in [0.4, 0.5) is 17.1 Å². The van der Waals surface area contributed by atoms with Gasteiger partial charge in [0.1, 0.15) is 11.8 Å². The smallest absolute Gasteiger partial charge is 0.261 e. The van der Waals surface area contributed by atoms with Crippen molar-refractivity contribution in [2.75, 3.05) is 22.0 Å². The number of nitrogens with one attached hydrogen (secondary N) is 2. The van der Waals surface area contributed by atoms with E-state index in [1.54, 1.807) is 36.4 Å². The van der Waals surface area contributed by atoms with E-state index >= 15 is 0 Å². The lowest BCUT2D eigenvalue weighted by Crippen LogP contribution is -2.35. The molecule has 8 nitrogen and oxygen atoms in total. The second kappa shape index (κ2) is 9.18. The third kappa shape index (κ3) is 4.60. The lowest BCUT2D eigenvalue weighted by molar-refractivity contribution is -0.121. The van der Waals surface area contributed by atoms with Crippen molar-refractivity contribution in [2.45, 2.75) is 31.2 Å². The first kappa shape index (κ1) is 23.3. The van der Waals surface area contributed by atoms with Crippen LogP contribution in [0.1, 0.15) is 17.5 Å². The number of imide groups is 1. The molecule has 0 aliphatic carbocycles.